The third kappa shape index (κ3) is 2.13. The normalized spacial score (nSPS) is 10.5. The summed E-state index contributed by atoms with van der Waals surface area (Å²) in [5.41, 5.74) is 1.51. The summed E-state index contributed by atoms with van der Waals surface area (Å²) in [7, 11) is 0. The summed E-state index contributed by atoms with van der Waals surface area (Å²) < 4.78 is 18.3. The van der Waals surface area contributed by atoms with Crippen molar-refractivity contribution in [1.82, 2.24) is 0 Å². The van der Waals surface area contributed by atoms with Gasteiger partial charge in [-0.2, -0.15) is 0 Å². The molecule has 0 aliphatic heterocycles. The maximum atomic E-state index is 13.1. The van der Waals surface area contributed by atoms with Crippen LogP contribution >= 0.6 is 0 Å². The average Bonchev–Trinajstić information content (AvgIpc) is 2.80. The van der Waals surface area contributed by atoms with Crippen LogP contribution < -0.4 is 0 Å². The first-order chi connectivity index (χ1) is 8.13. The van der Waals surface area contributed by atoms with Gasteiger partial charge in [0.05, 0.1) is 11.8 Å². The second-order valence-electron chi connectivity index (χ2n) is 3.90. The zero-order valence-electron chi connectivity index (χ0n) is 9.79. The third-order valence-corrected chi connectivity index (χ3v) is 2.73. The molecule has 0 bridgehead atoms. The molecule has 0 unspecified atom stereocenters. The predicted octanol–water partition coefficient (Wildman–Crippen LogP) is 3.52. The van der Waals surface area contributed by atoms with Crippen LogP contribution in [0.2, 0.25) is 0 Å². The second-order valence-corrected chi connectivity index (χ2v) is 3.90. The van der Waals surface area contributed by atoms with Gasteiger partial charge in [0.2, 0.25) is 0 Å². The van der Waals surface area contributed by atoms with E-state index in [1.54, 1.807) is 19.1 Å². The Morgan fingerprint density at radius 2 is 2.12 bits per heavy atom. The summed E-state index contributed by atoms with van der Waals surface area (Å²) in [6, 6.07) is 6.02. The number of furan rings is 1. The van der Waals surface area contributed by atoms with Crippen molar-refractivity contribution in [3.8, 4) is 0 Å². The summed E-state index contributed by atoms with van der Waals surface area (Å²) in [6.45, 7) is 3.56. The molecule has 2 rings (SSSR count). The smallest absolute Gasteiger partial charge is 0.196 e. The van der Waals surface area contributed by atoms with Crippen molar-refractivity contribution in [2.75, 3.05) is 0 Å². The van der Waals surface area contributed by atoms with Gasteiger partial charge in [-0.25, -0.2) is 4.39 Å². The van der Waals surface area contributed by atoms with E-state index in [0.29, 0.717) is 28.9 Å². The lowest BCUT2D eigenvalue weighted by Gasteiger charge is -2.02. The molecular weight excluding hydrogens is 219 g/mol. The number of hydrogen-bond acceptors (Lipinski definition) is 2. The standard InChI is InChI=1S/C14H13FO2/c1-3-13-11(6-7-17-13)14(16)10-4-5-12(15)9(2)8-10/h4-8H,3H2,1-2H3. The van der Waals surface area contributed by atoms with Crippen LogP contribution in [0.1, 0.15) is 34.2 Å². The number of hydrogen-bond donors (Lipinski definition) is 0. The van der Waals surface area contributed by atoms with Gasteiger partial charge in [0.25, 0.3) is 0 Å². The van der Waals surface area contributed by atoms with E-state index >= 15 is 0 Å². The summed E-state index contributed by atoms with van der Waals surface area (Å²) in [5, 5.41) is 0. The fourth-order valence-electron chi connectivity index (χ4n) is 1.76. The van der Waals surface area contributed by atoms with Gasteiger partial charge in [-0.1, -0.05) is 6.92 Å². The fraction of sp³-hybridized carbons (Fsp3) is 0.214. The Kier molecular flexibility index (Phi) is 3.09. The first kappa shape index (κ1) is 11.6. The highest BCUT2D eigenvalue weighted by atomic mass is 19.1. The number of rotatable bonds is 3. The summed E-state index contributed by atoms with van der Waals surface area (Å²) in [5.74, 6) is 0.236. The third-order valence-electron chi connectivity index (χ3n) is 2.73. The first-order valence-corrected chi connectivity index (χ1v) is 5.50. The van der Waals surface area contributed by atoms with Crippen molar-refractivity contribution in [3.63, 3.8) is 0 Å². The van der Waals surface area contributed by atoms with Gasteiger partial charge >= 0.3 is 0 Å². The SMILES string of the molecule is CCc1occc1C(=O)c1ccc(F)c(C)c1. The van der Waals surface area contributed by atoms with Gasteiger partial charge in [-0.3, -0.25) is 4.79 Å². The van der Waals surface area contributed by atoms with E-state index in [0.717, 1.165) is 0 Å². The quantitative estimate of drug-likeness (QED) is 0.758. The molecule has 0 amide bonds. The maximum Gasteiger partial charge on any atom is 0.196 e. The van der Waals surface area contributed by atoms with E-state index in [-0.39, 0.29) is 11.6 Å². The number of carbonyl (C=O) groups excluding carboxylic acids is 1. The van der Waals surface area contributed by atoms with Crippen molar-refractivity contribution in [2.45, 2.75) is 20.3 Å². The molecule has 0 radical (unpaired) electrons. The molecule has 17 heavy (non-hydrogen) atoms. The predicted molar refractivity (Wildman–Crippen MR) is 62.7 cm³/mol. The first-order valence-electron chi connectivity index (χ1n) is 5.50. The molecule has 0 aliphatic rings. The summed E-state index contributed by atoms with van der Waals surface area (Å²) >= 11 is 0. The minimum absolute atomic E-state index is 0.126. The molecule has 0 N–H and O–H groups in total. The van der Waals surface area contributed by atoms with E-state index in [9.17, 15) is 9.18 Å². The number of ketones is 1. The Labute approximate surface area is 99.1 Å². The van der Waals surface area contributed by atoms with E-state index in [2.05, 4.69) is 0 Å². The van der Waals surface area contributed by atoms with Crippen LogP contribution in [0, 0.1) is 12.7 Å². The van der Waals surface area contributed by atoms with Gasteiger partial charge in [0.15, 0.2) is 5.78 Å². The number of halogens is 1. The van der Waals surface area contributed by atoms with Crippen LogP contribution in [0.25, 0.3) is 0 Å². The lowest BCUT2D eigenvalue weighted by atomic mass is 10.0. The minimum Gasteiger partial charge on any atom is -0.469 e. The van der Waals surface area contributed by atoms with Crippen molar-refractivity contribution < 1.29 is 13.6 Å². The van der Waals surface area contributed by atoms with E-state index in [4.69, 9.17) is 4.42 Å². The lowest BCUT2D eigenvalue weighted by molar-refractivity contribution is 0.103. The van der Waals surface area contributed by atoms with E-state index < -0.39 is 0 Å². The van der Waals surface area contributed by atoms with Crippen LogP contribution in [0.15, 0.2) is 34.9 Å². The molecule has 3 heteroatoms. The van der Waals surface area contributed by atoms with Crippen LogP contribution in [0.3, 0.4) is 0 Å². The van der Waals surface area contributed by atoms with E-state index in [1.165, 1.54) is 18.4 Å². The van der Waals surface area contributed by atoms with Gasteiger partial charge < -0.3 is 4.42 Å². The molecule has 1 heterocycles. The Morgan fingerprint density at radius 1 is 1.35 bits per heavy atom. The largest absolute Gasteiger partial charge is 0.469 e. The number of carbonyl (C=O) groups is 1. The molecule has 0 saturated carbocycles. The maximum absolute atomic E-state index is 13.1. The summed E-state index contributed by atoms with van der Waals surface area (Å²) in [4.78, 5) is 12.2. The second kappa shape index (κ2) is 4.53. The molecule has 2 aromatic rings. The number of aryl methyl sites for hydroxylation is 2. The van der Waals surface area contributed by atoms with Gasteiger partial charge in [-0.05, 0) is 36.8 Å². The molecule has 0 aliphatic carbocycles. The van der Waals surface area contributed by atoms with Crippen LogP contribution in [0.5, 0.6) is 0 Å². The molecule has 0 atom stereocenters. The van der Waals surface area contributed by atoms with Gasteiger partial charge in [-0.15, -0.1) is 0 Å². The molecule has 0 saturated heterocycles. The highest BCUT2D eigenvalue weighted by Crippen LogP contribution is 2.18. The molecule has 2 nitrogen and oxygen atoms in total. The monoisotopic (exact) mass is 232 g/mol. The number of benzene rings is 1. The zero-order valence-corrected chi connectivity index (χ0v) is 9.79. The Balaban J connectivity index is 2.40. The highest BCUT2D eigenvalue weighted by molar-refractivity contribution is 6.09. The molecule has 1 aromatic carbocycles. The topological polar surface area (TPSA) is 30.2 Å². The lowest BCUT2D eigenvalue weighted by Crippen LogP contribution is -2.03. The molecule has 0 spiro atoms. The minimum atomic E-state index is -0.301. The fourth-order valence-corrected chi connectivity index (χ4v) is 1.76. The Bertz CT molecular complexity index is 555. The van der Waals surface area contributed by atoms with Gasteiger partial charge in [0.1, 0.15) is 11.6 Å². The highest BCUT2D eigenvalue weighted by Gasteiger charge is 2.15. The van der Waals surface area contributed by atoms with Crippen LogP contribution in [-0.2, 0) is 6.42 Å². The van der Waals surface area contributed by atoms with E-state index in [1.807, 2.05) is 6.92 Å². The molecule has 1 aromatic heterocycles. The zero-order chi connectivity index (χ0) is 12.4. The average molecular weight is 232 g/mol. The van der Waals surface area contributed by atoms with Crippen molar-refractivity contribution in [1.29, 1.82) is 0 Å². The molecular formula is C14H13FO2. The van der Waals surface area contributed by atoms with Crippen LogP contribution in [0.4, 0.5) is 4.39 Å². The Morgan fingerprint density at radius 3 is 2.76 bits per heavy atom. The molecule has 88 valence electrons. The van der Waals surface area contributed by atoms with Crippen molar-refractivity contribution in [2.24, 2.45) is 0 Å². The van der Waals surface area contributed by atoms with Crippen LogP contribution in [-0.4, -0.2) is 5.78 Å². The Hall–Kier alpha value is -1.90. The van der Waals surface area contributed by atoms with Crippen molar-refractivity contribution >= 4 is 5.78 Å². The van der Waals surface area contributed by atoms with Crippen molar-refractivity contribution in [3.05, 3.63) is 58.8 Å². The molecule has 0 fully saturated rings. The summed E-state index contributed by atoms with van der Waals surface area (Å²) in [6.07, 6.45) is 2.16. The van der Waals surface area contributed by atoms with Gasteiger partial charge in [0, 0.05) is 12.0 Å².